The van der Waals surface area contributed by atoms with Gasteiger partial charge in [-0.3, -0.25) is 14.2 Å². The van der Waals surface area contributed by atoms with Gasteiger partial charge in [0.05, 0.1) is 17.0 Å². The Bertz CT molecular complexity index is 713. The van der Waals surface area contributed by atoms with E-state index in [2.05, 4.69) is 10.3 Å². The number of rotatable bonds is 3. The van der Waals surface area contributed by atoms with Crippen LogP contribution in [0.4, 0.5) is 5.69 Å². The predicted molar refractivity (Wildman–Crippen MR) is 78.3 cm³/mol. The summed E-state index contributed by atoms with van der Waals surface area (Å²) in [5.74, 6) is -0.387. The fourth-order valence-corrected chi connectivity index (χ4v) is 1.91. The molecule has 104 valence electrons. The van der Waals surface area contributed by atoms with E-state index in [1.54, 1.807) is 19.1 Å². The third-order valence-corrected chi connectivity index (χ3v) is 3.10. The van der Waals surface area contributed by atoms with Crippen molar-refractivity contribution >= 4 is 34.8 Å². The van der Waals surface area contributed by atoms with Crippen molar-refractivity contribution in [2.24, 2.45) is 0 Å². The van der Waals surface area contributed by atoms with Crippen LogP contribution in [0, 0.1) is 6.92 Å². The van der Waals surface area contributed by atoms with E-state index in [-0.39, 0.29) is 18.0 Å². The molecule has 0 aliphatic carbocycles. The molecule has 1 aromatic heterocycles. The fraction of sp³-hybridized carbons (Fsp3) is 0.154. The highest BCUT2D eigenvalue weighted by molar-refractivity contribution is 6.35. The Hall–Kier alpha value is -1.85. The number of benzene rings is 1. The third kappa shape index (κ3) is 3.59. The van der Waals surface area contributed by atoms with Crippen molar-refractivity contribution in [2.45, 2.75) is 13.5 Å². The molecule has 0 aliphatic rings. The zero-order chi connectivity index (χ0) is 14.7. The summed E-state index contributed by atoms with van der Waals surface area (Å²) in [4.78, 5) is 27.5. The minimum Gasteiger partial charge on any atom is -0.323 e. The monoisotopic (exact) mass is 311 g/mol. The topological polar surface area (TPSA) is 64.0 Å². The van der Waals surface area contributed by atoms with Crippen molar-refractivity contribution in [3.63, 3.8) is 0 Å². The maximum Gasteiger partial charge on any atom is 0.253 e. The highest BCUT2D eigenvalue weighted by Crippen LogP contribution is 2.25. The van der Waals surface area contributed by atoms with Crippen LogP contribution >= 0.6 is 23.2 Å². The Morgan fingerprint density at radius 1 is 1.35 bits per heavy atom. The second-order valence-corrected chi connectivity index (χ2v) is 5.01. The first-order chi connectivity index (χ1) is 9.45. The van der Waals surface area contributed by atoms with Gasteiger partial charge in [0, 0.05) is 16.8 Å². The molecule has 0 saturated heterocycles. The molecular weight excluding hydrogens is 301 g/mol. The molecule has 1 heterocycles. The molecule has 0 spiro atoms. The van der Waals surface area contributed by atoms with Crippen LogP contribution in [0.2, 0.25) is 10.0 Å². The number of aryl methyl sites for hydroxylation is 1. The summed E-state index contributed by atoms with van der Waals surface area (Å²) in [6, 6.07) is 6.10. The normalized spacial score (nSPS) is 10.3. The highest BCUT2D eigenvalue weighted by atomic mass is 35.5. The first-order valence-corrected chi connectivity index (χ1v) is 6.49. The molecule has 2 aromatic rings. The SMILES string of the molecule is Cc1cc(=O)n(CC(=O)Nc2cc(Cl)ccc2Cl)cn1. The Balaban J connectivity index is 2.13. The molecule has 0 unspecified atom stereocenters. The lowest BCUT2D eigenvalue weighted by molar-refractivity contribution is -0.116. The van der Waals surface area contributed by atoms with Crippen LogP contribution in [-0.4, -0.2) is 15.5 Å². The average molecular weight is 312 g/mol. The largest absolute Gasteiger partial charge is 0.323 e. The maximum atomic E-state index is 11.9. The summed E-state index contributed by atoms with van der Waals surface area (Å²) in [5.41, 5.74) is 0.715. The van der Waals surface area contributed by atoms with Crippen LogP contribution < -0.4 is 10.9 Å². The van der Waals surface area contributed by atoms with Crippen LogP contribution in [0.3, 0.4) is 0 Å². The second-order valence-electron chi connectivity index (χ2n) is 4.17. The minimum atomic E-state index is -0.387. The Labute approximate surface area is 125 Å². The molecule has 5 nitrogen and oxygen atoms in total. The van der Waals surface area contributed by atoms with E-state index in [1.807, 2.05) is 0 Å². The minimum absolute atomic E-state index is 0.144. The van der Waals surface area contributed by atoms with Crippen molar-refractivity contribution in [3.8, 4) is 0 Å². The molecule has 0 atom stereocenters. The number of nitrogens with zero attached hydrogens (tertiary/aromatic N) is 2. The lowest BCUT2D eigenvalue weighted by atomic mass is 10.3. The standard InChI is InChI=1S/C13H11Cl2N3O2/c1-8-4-13(20)18(7-16-8)6-12(19)17-11-5-9(14)2-3-10(11)15/h2-5,7H,6H2,1H3,(H,17,19). The van der Waals surface area contributed by atoms with E-state index in [0.29, 0.717) is 21.4 Å². The zero-order valence-corrected chi connectivity index (χ0v) is 12.1. The number of anilines is 1. The molecule has 1 N–H and O–H groups in total. The van der Waals surface area contributed by atoms with Gasteiger partial charge in [-0.1, -0.05) is 23.2 Å². The maximum absolute atomic E-state index is 11.9. The summed E-state index contributed by atoms with van der Waals surface area (Å²) >= 11 is 11.8. The highest BCUT2D eigenvalue weighted by Gasteiger charge is 2.08. The summed E-state index contributed by atoms with van der Waals surface area (Å²) in [5, 5.41) is 3.43. The Morgan fingerprint density at radius 2 is 2.10 bits per heavy atom. The molecular formula is C13H11Cl2N3O2. The van der Waals surface area contributed by atoms with E-state index in [1.165, 1.54) is 23.0 Å². The molecule has 0 aliphatic heterocycles. The first kappa shape index (κ1) is 14.6. The van der Waals surface area contributed by atoms with Gasteiger partial charge in [0.1, 0.15) is 6.54 Å². The third-order valence-electron chi connectivity index (χ3n) is 2.53. The van der Waals surface area contributed by atoms with Gasteiger partial charge in [-0.15, -0.1) is 0 Å². The summed E-state index contributed by atoms with van der Waals surface area (Å²) < 4.78 is 1.21. The number of carbonyl (C=O) groups excluding carboxylic acids is 1. The van der Waals surface area contributed by atoms with E-state index in [0.717, 1.165) is 0 Å². The molecule has 0 radical (unpaired) electrons. The number of halogens is 2. The molecule has 1 amide bonds. The van der Waals surface area contributed by atoms with E-state index >= 15 is 0 Å². The fourth-order valence-electron chi connectivity index (χ4n) is 1.57. The number of hydrogen-bond acceptors (Lipinski definition) is 3. The zero-order valence-electron chi connectivity index (χ0n) is 10.6. The van der Waals surface area contributed by atoms with E-state index in [9.17, 15) is 9.59 Å². The number of aromatic nitrogens is 2. The van der Waals surface area contributed by atoms with Crippen LogP contribution in [-0.2, 0) is 11.3 Å². The molecule has 20 heavy (non-hydrogen) atoms. The Morgan fingerprint density at radius 3 is 2.80 bits per heavy atom. The van der Waals surface area contributed by atoms with Gasteiger partial charge in [-0.2, -0.15) is 0 Å². The molecule has 0 saturated carbocycles. The summed E-state index contributed by atoms with van der Waals surface area (Å²) in [7, 11) is 0. The average Bonchev–Trinajstić information content (AvgIpc) is 2.37. The van der Waals surface area contributed by atoms with Gasteiger partial charge in [0.15, 0.2) is 0 Å². The van der Waals surface area contributed by atoms with Gasteiger partial charge < -0.3 is 5.32 Å². The molecule has 2 rings (SSSR count). The lowest BCUT2D eigenvalue weighted by Crippen LogP contribution is -2.27. The van der Waals surface area contributed by atoms with Crippen LogP contribution in [0.25, 0.3) is 0 Å². The lowest BCUT2D eigenvalue weighted by Gasteiger charge is -2.09. The predicted octanol–water partition coefficient (Wildman–Crippen LogP) is 2.50. The van der Waals surface area contributed by atoms with Crippen molar-refractivity contribution in [1.29, 1.82) is 0 Å². The van der Waals surface area contributed by atoms with Gasteiger partial charge in [0.25, 0.3) is 5.56 Å². The van der Waals surface area contributed by atoms with Gasteiger partial charge in [0.2, 0.25) is 5.91 Å². The molecule has 7 heteroatoms. The quantitative estimate of drug-likeness (QED) is 0.947. The number of amides is 1. The van der Waals surface area contributed by atoms with Crippen LogP contribution in [0.15, 0.2) is 35.4 Å². The van der Waals surface area contributed by atoms with Crippen molar-refractivity contribution in [3.05, 3.63) is 56.7 Å². The van der Waals surface area contributed by atoms with Crippen LogP contribution in [0.5, 0.6) is 0 Å². The number of hydrogen-bond donors (Lipinski definition) is 1. The van der Waals surface area contributed by atoms with E-state index < -0.39 is 0 Å². The Kier molecular flexibility index (Phi) is 4.42. The number of nitrogens with one attached hydrogen (secondary N) is 1. The van der Waals surface area contributed by atoms with E-state index in [4.69, 9.17) is 23.2 Å². The number of carbonyl (C=O) groups is 1. The van der Waals surface area contributed by atoms with Gasteiger partial charge in [-0.25, -0.2) is 4.98 Å². The summed E-state index contributed by atoms with van der Waals surface area (Å²) in [6.45, 7) is 1.56. The first-order valence-electron chi connectivity index (χ1n) is 5.73. The van der Waals surface area contributed by atoms with Crippen LogP contribution in [0.1, 0.15) is 5.69 Å². The van der Waals surface area contributed by atoms with Gasteiger partial charge in [-0.05, 0) is 25.1 Å². The molecule has 0 fully saturated rings. The molecule has 0 bridgehead atoms. The summed E-state index contributed by atoms with van der Waals surface area (Å²) in [6.07, 6.45) is 1.33. The second kappa shape index (κ2) is 6.07. The van der Waals surface area contributed by atoms with Gasteiger partial charge >= 0.3 is 0 Å². The van der Waals surface area contributed by atoms with Crippen molar-refractivity contribution < 1.29 is 4.79 Å². The smallest absolute Gasteiger partial charge is 0.253 e. The van der Waals surface area contributed by atoms with Crippen molar-refractivity contribution in [1.82, 2.24) is 9.55 Å². The van der Waals surface area contributed by atoms with Crippen molar-refractivity contribution in [2.75, 3.05) is 5.32 Å². The molecule has 1 aromatic carbocycles.